The van der Waals surface area contributed by atoms with Gasteiger partial charge in [-0.05, 0) is 18.6 Å². The molecule has 0 spiro atoms. The summed E-state index contributed by atoms with van der Waals surface area (Å²) in [7, 11) is 3.33. The second-order valence-corrected chi connectivity index (χ2v) is 4.44. The molecule has 0 aromatic carbocycles. The zero-order valence-electron chi connectivity index (χ0n) is 13.5. The van der Waals surface area contributed by atoms with E-state index in [2.05, 4.69) is 15.6 Å². The fourth-order valence-electron chi connectivity index (χ4n) is 1.62. The Balaban J connectivity index is 0.00000484. The molecule has 1 amide bonds. The van der Waals surface area contributed by atoms with Crippen LogP contribution in [-0.4, -0.2) is 52.4 Å². The second-order valence-electron chi connectivity index (χ2n) is 4.44. The van der Waals surface area contributed by atoms with Crippen molar-refractivity contribution in [3.8, 4) is 0 Å². The van der Waals surface area contributed by atoms with Gasteiger partial charge in [0.1, 0.15) is 5.76 Å². The van der Waals surface area contributed by atoms with Gasteiger partial charge in [-0.2, -0.15) is 0 Å². The SMILES string of the molecule is CN=C(NCCCOCCOC)NCc1ccc(C(N)=O)o1.I. The van der Waals surface area contributed by atoms with E-state index in [0.717, 1.165) is 13.0 Å². The quantitative estimate of drug-likeness (QED) is 0.214. The summed E-state index contributed by atoms with van der Waals surface area (Å²) in [4.78, 5) is 15.0. The monoisotopic (exact) mass is 440 g/mol. The first-order valence-corrected chi connectivity index (χ1v) is 7.07. The van der Waals surface area contributed by atoms with Crippen LogP contribution in [0.25, 0.3) is 0 Å². The van der Waals surface area contributed by atoms with Gasteiger partial charge < -0.3 is 30.3 Å². The summed E-state index contributed by atoms with van der Waals surface area (Å²) in [5, 5.41) is 6.24. The Morgan fingerprint density at radius 2 is 2.09 bits per heavy atom. The first kappa shape index (κ1) is 21.7. The van der Waals surface area contributed by atoms with E-state index < -0.39 is 5.91 Å². The van der Waals surface area contributed by atoms with Crippen LogP contribution in [0.5, 0.6) is 0 Å². The highest BCUT2D eigenvalue weighted by molar-refractivity contribution is 14.0. The van der Waals surface area contributed by atoms with E-state index in [1.54, 1.807) is 26.3 Å². The largest absolute Gasteiger partial charge is 0.454 e. The minimum Gasteiger partial charge on any atom is -0.454 e. The molecular formula is C14H25IN4O4. The van der Waals surface area contributed by atoms with Crippen molar-refractivity contribution in [1.29, 1.82) is 0 Å². The summed E-state index contributed by atoms with van der Waals surface area (Å²) in [5.74, 6) is 0.823. The van der Waals surface area contributed by atoms with Gasteiger partial charge in [0, 0.05) is 27.3 Å². The summed E-state index contributed by atoms with van der Waals surface area (Å²) < 4.78 is 15.5. The minimum atomic E-state index is -0.581. The Kier molecular flexibility index (Phi) is 12.4. The summed E-state index contributed by atoms with van der Waals surface area (Å²) in [6.07, 6.45) is 0.858. The lowest BCUT2D eigenvalue weighted by Gasteiger charge is -2.11. The molecule has 23 heavy (non-hydrogen) atoms. The summed E-state index contributed by atoms with van der Waals surface area (Å²) in [5.41, 5.74) is 5.12. The fraction of sp³-hybridized carbons (Fsp3) is 0.571. The molecule has 0 saturated heterocycles. The Labute approximate surface area is 153 Å². The van der Waals surface area contributed by atoms with E-state index in [1.165, 1.54) is 0 Å². The number of nitrogens with two attached hydrogens (primary N) is 1. The molecule has 1 aromatic heterocycles. The molecule has 0 aliphatic carbocycles. The zero-order valence-corrected chi connectivity index (χ0v) is 15.8. The van der Waals surface area contributed by atoms with Crippen LogP contribution >= 0.6 is 24.0 Å². The third-order valence-electron chi connectivity index (χ3n) is 2.75. The molecule has 0 bridgehead atoms. The number of halogens is 1. The van der Waals surface area contributed by atoms with Crippen molar-refractivity contribution < 1.29 is 18.7 Å². The van der Waals surface area contributed by atoms with Gasteiger partial charge in [-0.1, -0.05) is 0 Å². The van der Waals surface area contributed by atoms with Crippen LogP contribution < -0.4 is 16.4 Å². The van der Waals surface area contributed by atoms with Crippen LogP contribution in [0.15, 0.2) is 21.5 Å². The average Bonchev–Trinajstić information content (AvgIpc) is 2.98. The molecule has 0 fully saturated rings. The lowest BCUT2D eigenvalue weighted by atomic mass is 10.4. The molecule has 0 radical (unpaired) electrons. The van der Waals surface area contributed by atoms with Crippen molar-refractivity contribution >= 4 is 35.8 Å². The van der Waals surface area contributed by atoms with Gasteiger partial charge in [-0.25, -0.2) is 0 Å². The van der Waals surface area contributed by atoms with Crippen molar-refractivity contribution in [2.45, 2.75) is 13.0 Å². The van der Waals surface area contributed by atoms with E-state index in [-0.39, 0.29) is 29.7 Å². The number of nitrogens with one attached hydrogen (secondary N) is 2. The third-order valence-corrected chi connectivity index (χ3v) is 2.75. The molecule has 0 aliphatic heterocycles. The lowest BCUT2D eigenvalue weighted by molar-refractivity contribution is 0.0698. The van der Waals surface area contributed by atoms with Crippen LogP contribution in [0.3, 0.4) is 0 Å². The molecule has 8 nitrogen and oxygen atoms in total. The zero-order chi connectivity index (χ0) is 16.2. The first-order valence-electron chi connectivity index (χ1n) is 7.07. The van der Waals surface area contributed by atoms with Crippen LogP contribution in [0.4, 0.5) is 0 Å². The van der Waals surface area contributed by atoms with Gasteiger partial charge in [0.2, 0.25) is 0 Å². The fourth-order valence-corrected chi connectivity index (χ4v) is 1.62. The maximum absolute atomic E-state index is 10.9. The van der Waals surface area contributed by atoms with Crippen molar-refractivity contribution in [3.05, 3.63) is 23.7 Å². The summed E-state index contributed by atoms with van der Waals surface area (Å²) in [6.45, 7) is 3.01. The number of carbonyl (C=O) groups is 1. The number of nitrogens with zero attached hydrogens (tertiary/aromatic N) is 1. The Bertz CT molecular complexity index is 479. The van der Waals surface area contributed by atoms with Crippen molar-refractivity contribution in [1.82, 2.24) is 10.6 Å². The number of hydrogen-bond donors (Lipinski definition) is 3. The van der Waals surface area contributed by atoms with Crippen LogP contribution in [0, 0.1) is 0 Å². The molecule has 1 aromatic rings. The number of primary amides is 1. The number of rotatable bonds is 10. The number of hydrogen-bond acceptors (Lipinski definition) is 5. The molecular weight excluding hydrogens is 415 g/mol. The number of amides is 1. The highest BCUT2D eigenvalue weighted by atomic mass is 127. The number of guanidine groups is 1. The van der Waals surface area contributed by atoms with Crippen molar-refractivity contribution in [3.63, 3.8) is 0 Å². The predicted molar refractivity (Wildman–Crippen MR) is 98.2 cm³/mol. The standard InChI is InChI=1S/C14H24N4O4.HI/c1-16-14(17-6-3-7-21-9-8-20-2)18-10-11-4-5-12(22-11)13(15)19;/h4-5H,3,6-10H2,1-2H3,(H2,15,19)(H2,16,17,18);1H. The second kappa shape index (κ2) is 13.1. The highest BCUT2D eigenvalue weighted by Gasteiger charge is 2.07. The van der Waals surface area contributed by atoms with Crippen molar-refractivity contribution in [2.24, 2.45) is 10.7 Å². The summed E-state index contributed by atoms with van der Waals surface area (Å²) >= 11 is 0. The van der Waals surface area contributed by atoms with Crippen LogP contribution in [0.1, 0.15) is 22.7 Å². The third kappa shape index (κ3) is 9.41. The normalized spacial score (nSPS) is 11.0. The number of carbonyl (C=O) groups excluding carboxylic acids is 1. The maximum atomic E-state index is 10.9. The Morgan fingerprint density at radius 3 is 2.70 bits per heavy atom. The maximum Gasteiger partial charge on any atom is 0.284 e. The first-order chi connectivity index (χ1) is 10.7. The van der Waals surface area contributed by atoms with Crippen molar-refractivity contribution in [2.75, 3.05) is 40.5 Å². The Morgan fingerprint density at radius 1 is 1.30 bits per heavy atom. The smallest absolute Gasteiger partial charge is 0.284 e. The molecule has 0 aliphatic rings. The molecule has 4 N–H and O–H groups in total. The van der Waals surface area contributed by atoms with Gasteiger partial charge in [0.25, 0.3) is 5.91 Å². The van der Waals surface area contributed by atoms with Crippen LogP contribution in [-0.2, 0) is 16.0 Å². The Hall–Kier alpha value is -1.33. The number of methoxy groups -OCH3 is 1. The molecule has 132 valence electrons. The van der Waals surface area contributed by atoms with Gasteiger partial charge in [-0.3, -0.25) is 9.79 Å². The van der Waals surface area contributed by atoms with Crippen LogP contribution in [0.2, 0.25) is 0 Å². The van der Waals surface area contributed by atoms with Gasteiger partial charge in [0.05, 0.1) is 19.8 Å². The molecule has 0 atom stereocenters. The topological polar surface area (TPSA) is 111 Å². The molecule has 9 heteroatoms. The van der Waals surface area contributed by atoms with E-state index >= 15 is 0 Å². The van der Waals surface area contributed by atoms with E-state index in [0.29, 0.717) is 38.1 Å². The van der Waals surface area contributed by atoms with Gasteiger partial charge >= 0.3 is 0 Å². The average molecular weight is 440 g/mol. The van der Waals surface area contributed by atoms with E-state index in [4.69, 9.17) is 19.6 Å². The lowest BCUT2D eigenvalue weighted by Crippen LogP contribution is -2.37. The van der Waals surface area contributed by atoms with E-state index in [1.807, 2.05) is 0 Å². The molecule has 1 rings (SSSR count). The summed E-state index contributed by atoms with van der Waals surface area (Å²) in [6, 6.07) is 3.25. The number of ether oxygens (including phenoxy) is 2. The molecule has 0 saturated carbocycles. The van der Waals surface area contributed by atoms with Gasteiger partial charge in [-0.15, -0.1) is 24.0 Å². The predicted octanol–water partition coefficient (Wildman–Crippen LogP) is 0.715. The number of furan rings is 1. The minimum absolute atomic E-state index is 0. The van der Waals surface area contributed by atoms with Gasteiger partial charge in [0.15, 0.2) is 11.7 Å². The molecule has 1 heterocycles. The molecule has 0 unspecified atom stereocenters. The highest BCUT2D eigenvalue weighted by Crippen LogP contribution is 2.06. The van der Waals surface area contributed by atoms with E-state index in [9.17, 15) is 4.79 Å². The number of aliphatic imine (C=N–C) groups is 1.